The third-order valence-corrected chi connectivity index (χ3v) is 6.99. The average molecular weight is 395 g/mol. The van der Waals surface area contributed by atoms with E-state index in [1.165, 1.54) is 24.1 Å². The van der Waals surface area contributed by atoms with E-state index in [0.29, 0.717) is 5.25 Å². The van der Waals surface area contributed by atoms with Gasteiger partial charge in [0.05, 0.1) is 18.8 Å². The summed E-state index contributed by atoms with van der Waals surface area (Å²) in [5.74, 6) is 0.955. The molecule has 0 saturated carbocycles. The summed E-state index contributed by atoms with van der Waals surface area (Å²) in [6.07, 6.45) is 4.41. The van der Waals surface area contributed by atoms with Crippen molar-refractivity contribution in [1.82, 2.24) is 9.88 Å². The molecule has 3 aliphatic rings. The van der Waals surface area contributed by atoms with Crippen molar-refractivity contribution >= 4 is 22.6 Å². The normalized spacial score (nSPS) is 26.5. The van der Waals surface area contributed by atoms with Gasteiger partial charge in [0.2, 0.25) is 0 Å². The highest BCUT2D eigenvalue weighted by Crippen LogP contribution is 2.50. The molecule has 2 saturated heterocycles. The molecule has 0 bridgehead atoms. The van der Waals surface area contributed by atoms with Gasteiger partial charge in [0.15, 0.2) is 5.17 Å². The highest BCUT2D eigenvalue weighted by atomic mass is 32.2. The number of pyridine rings is 1. The number of methoxy groups -OCH3 is 1. The summed E-state index contributed by atoms with van der Waals surface area (Å²) in [5, 5.41) is 1.69. The molecule has 5 nitrogen and oxygen atoms in total. The molecule has 1 aromatic carbocycles. The maximum absolute atomic E-state index is 5.89. The number of rotatable bonds is 4. The predicted molar refractivity (Wildman–Crippen MR) is 115 cm³/mol. The zero-order chi connectivity index (χ0) is 19.1. The van der Waals surface area contributed by atoms with Crippen molar-refractivity contribution in [3.8, 4) is 5.75 Å². The Morgan fingerprint density at radius 3 is 2.75 bits per heavy atom. The molecular weight excluding hydrogens is 368 g/mol. The molecule has 3 aliphatic heterocycles. The van der Waals surface area contributed by atoms with Gasteiger partial charge in [-0.25, -0.2) is 0 Å². The lowest BCUT2D eigenvalue weighted by molar-refractivity contribution is 0.307. The van der Waals surface area contributed by atoms with Gasteiger partial charge in [0.1, 0.15) is 11.8 Å². The molecule has 2 fully saturated rings. The lowest BCUT2D eigenvalue weighted by atomic mass is 9.95. The third kappa shape index (κ3) is 3.04. The Bertz CT molecular complexity index is 881. The van der Waals surface area contributed by atoms with Gasteiger partial charge in [0.25, 0.3) is 0 Å². The van der Waals surface area contributed by atoms with E-state index in [4.69, 9.17) is 9.73 Å². The standard InChI is InChI=1S/C22H26N4OS/c1-15-14-26-21(20(24-22(26)28-15)18-7-3-4-10-23-18)17-9-8-16(13-19(17)27-2)25-11-5-6-12-25/h3-4,7-10,13,15,20-21H,5-6,11-12,14H2,1-2H3/t15-,20+,21+/m0/s1. The highest BCUT2D eigenvalue weighted by molar-refractivity contribution is 8.14. The van der Waals surface area contributed by atoms with Crippen LogP contribution in [-0.2, 0) is 0 Å². The van der Waals surface area contributed by atoms with Crippen LogP contribution in [-0.4, -0.2) is 47.0 Å². The molecule has 6 heteroatoms. The maximum atomic E-state index is 5.89. The summed E-state index contributed by atoms with van der Waals surface area (Å²) < 4.78 is 5.89. The lowest BCUT2D eigenvalue weighted by Gasteiger charge is -2.29. The fourth-order valence-corrected chi connectivity index (χ4v) is 5.66. The number of benzene rings is 1. The van der Waals surface area contributed by atoms with E-state index in [1.54, 1.807) is 7.11 Å². The predicted octanol–water partition coefficient (Wildman–Crippen LogP) is 4.28. The molecule has 0 spiro atoms. The van der Waals surface area contributed by atoms with Gasteiger partial charge in [-0.05, 0) is 31.0 Å². The Morgan fingerprint density at radius 1 is 1.14 bits per heavy atom. The molecule has 3 atom stereocenters. The van der Waals surface area contributed by atoms with Crippen LogP contribution in [0, 0.1) is 0 Å². The van der Waals surface area contributed by atoms with Crippen molar-refractivity contribution in [2.75, 3.05) is 31.6 Å². The number of hydrogen-bond donors (Lipinski definition) is 0. The first kappa shape index (κ1) is 17.9. The molecule has 0 unspecified atom stereocenters. The number of nitrogens with zero attached hydrogens (tertiary/aromatic N) is 4. The van der Waals surface area contributed by atoms with Crippen molar-refractivity contribution in [2.24, 2.45) is 4.99 Å². The molecule has 0 amide bonds. The summed E-state index contributed by atoms with van der Waals surface area (Å²) in [5.41, 5.74) is 3.48. The second-order valence-corrected chi connectivity index (χ2v) is 9.16. The van der Waals surface area contributed by atoms with Gasteiger partial charge >= 0.3 is 0 Å². The van der Waals surface area contributed by atoms with Crippen molar-refractivity contribution < 1.29 is 4.74 Å². The van der Waals surface area contributed by atoms with E-state index < -0.39 is 0 Å². The number of thioether (sulfide) groups is 1. The second-order valence-electron chi connectivity index (χ2n) is 7.76. The summed E-state index contributed by atoms with van der Waals surface area (Å²) >= 11 is 1.87. The van der Waals surface area contributed by atoms with Gasteiger partial charge in [-0.15, -0.1) is 0 Å². The van der Waals surface area contributed by atoms with Crippen LogP contribution >= 0.6 is 11.8 Å². The van der Waals surface area contributed by atoms with Crippen LogP contribution in [0.2, 0.25) is 0 Å². The minimum atomic E-state index is 0.00253. The average Bonchev–Trinajstić information content (AvgIpc) is 3.44. The van der Waals surface area contributed by atoms with Crippen LogP contribution in [0.25, 0.3) is 0 Å². The molecule has 4 heterocycles. The molecule has 146 valence electrons. The number of fused-ring (bicyclic) bond motifs is 1. The highest BCUT2D eigenvalue weighted by Gasteiger charge is 2.44. The van der Waals surface area contributed by atoms with Gasteiger partial charge in [-0.3, -0.25) is 9.98 Å². The van der Waals surface area contributed by atoms with Gasteiger partial charge in [-0.2, -0.15) is 0 Å². The molecule has 0 aliphatic carbocycles. The summed E-state index contributed by atoms with van der Waals surface area (Å²) in [6.45, 7) is 5.55. The molecule has 1 aromatic heterocycles. The minimum Gasteiger partial charge on any atom is -0.496 e. The van der Waals surface area contributed by atoms with Crippen molar-refractivity contribution in [3.63, 3.8) is 0 Å². The number of aliphatic imine (C=N–C) groups is 1. The molecule has 0 N–H and O–H groups in total. The first-order valence-corrected chi connectivity index (χ1v) is 11.0. The number of ether oxygens (including phenoxy) is 1. The van der Waals surface area contributed by atoms with Crippen LogP contribution in [0.4, 0.5) is 5.69 Å². The Morgan fingerprint density at radius 2 is 2.00 bits per heavy atom. The van der Waals surface area contributed by atoms with Crippen LogP contribution in [0.5, 0.6) is 5.75 Å². The summed E-state index contributed by atoms with van der Waals surface area (Å²) in [7, 11) is 1.78. The molecule has 28 heavy (non-hydrogen) atoms. The van der Waals surface area contributed by atoms with E-state index >= 15 is 0 Å². The summed E-state index contributed by atoms with van der Waals surface area (Å²) in [4.78, 5) is 14.6. The Kier molecular flexibility index (Phi) is 4.67. The number of anilines is 1. The summed E-state index contributed by atoms with van der Waals surface area (Å²) in [6, 6.07) is 12.9. The van der Waals surface area contributed by atoms with Crippen LogP contribution in [0.1, 0.15) is 43.1 Å². The molecule has 2 aromatic rings. The second kappa shape index (κ2) is 7.32. The van der Waals surface area contributed by atoms with E-state index in [2.05, 4.69) is 46.0 Å². The monoisotopic (exact) mass is 394 g/mol. The minimum absolute atomic E-state index is 0.00253. The number of aromatic nitrogens is 1. The van der Waals surface area contributed by atoms with Gasteiger partial charge in [0, 0.05) is 48.4 Å². The van der Waals surface area contributed by atoms with Crippen molar-refractivity contribution in [1.29, 1.82) is 0 Å². The SMILES string of the molecule is COc1cc(N2CCCC2)ccc1[C@@H]1[C@@H](c2ccccn2)N=C2S[C@@H](C)CN21. The van der Waals surface area contributed by atoms with E-state index in [0.717, 1.165) is 36.2 Å². The largest absolute Gasteiger partial charge is 0.496 e. The zero-order valence-electron chi connectivity index (χ0n) is 16.4. The quantitative estimate of drug-likeness (QED) is 0.774. The van der Waals surface area contributed by atoms with Gasteiger partial charge < -0.3 is 14.5 Å². The van der Waals surface area contributed by atoms with Crippen molar-refractivity contribution in [2.45, 2.75) is 37.1 Å². The maximum Gasteiger partial charge on any atom is 0.160 e. The molecular formula is C22H26N4OS. The van der Waals surface area contributed by atoms with E-state index in [9.17, 15) is 0 Å². The van der Waals surface area contributed by atoms with E-state index in [-0.39, 0.29) is 12.1 Å². The number of hydrogen-bond acceptors (Lipinski definition) is 6. The first-order chi connectivity index (χ1) is 13.7. The number of amidine groups is 1. The van der Waals surface area contributed by atoms with Crippen molar-refractivity contribution in [3.05, 3.63) is 53.9 Å². The fourth-order valence-electron chi connectivity index (χ4n) is 4.57. The van der Waals surface area contributed by atoms with Crippen LogP contribution in [0.3, 0.4) is 0 Å². The zero-order valence-corrected chi connectivity index (χ0v) is 17.2. The smallest absolute Gasteiger partial charge is 0.160 e. The lowest BCUT2D eigenvalue weighted by Crippen LogP contribution is -2.29. The van der Waals surface area contributed by atoms with Gasteiger partial charge in [-0.1, -0.05) is 30.8 Å². The molecule has 0 radical (unpaired) electrons. The fraction of sp³-hybridized carbons (Fsp3) is 0.455. The topological polar surface area (TPSA) is 41.0 Å². The third-order valence-electron chi connectivity index (χ3n) is 5.89. The Hall–Kier alpha value is -2.21. The Labute approximate surface area is 170 Å². The Balaban J connectivity index is 1.55. The molecule has 5 rings (SSSR count). The first-order valence-electron chi connectivity index (χ1n) is 10.1. The van der Waals surface area contributed by atoms with E-state index in [1.807, 2.05) is 30.1 Å². The van der Waals surface area contributed by atoms with Crippen LogP contribution < -0.4 is 9.64 Å². The van der Waals surface area contributed by atoms with Crippen LogP contribution in [0.15, 0.2) is 47.6 Å².